The van der Waals surface area contributed by atoms with E-state index < -0.39 is 11.8 Å². The topological polar surface area (TPSA) is 70.7 Å². The molecule has 0 unspecified atom stereocenters. The summed E-state index contributed by atoms with van der Waals surface area (Å²) in [7, 11) is 0. The number of amides is 2. The number of carbonyl (C=O) groups is 2. The van der Waals surface area contributed by atoms with E-state index in [1.54, 1.807) is 18.2 Å². The van der Waals surface area contributed by atoms with Crippen LogP contribution >= 0.6 is 11.6 Å². The number of nitrogens with zero attached hydrogens (tertiary/aromatic N) is 1. The second kappa shape index (κ2) is 8.86. The Kier molecular flexibility index (Phi) is 6.83. The van der Waals surface area contributed by atoms with Crippen molar-refractivity contribution < 1.29 is 14.3 Å². The third-order valence-electron chi connectivity index (χ3n) is 3.68. The van der Waals surface area contributed by atoms with Crippen molar-refractivity contribution in [2.75, 3.05) is 44.7 Å². The van der Waals surface area contributed by atoms with E-state index in [9.17, 15) is 9.59 Å². The fourth-order valence-electron chi connectivity index (χ4n) is 2.36. The van der Waals surface area contributed by atoms with Crippen molar-refractivity contribution >= 4 is 29.1 Å². The van der Waals surface area contributed by atoms with E-state index in [1.807, 2.05) is 6.92 Å². The van der Waals surface area contributed by atoms with Crippen LogP contribution in [-0.4, -0.2) is 56.1 Å². The molecule has 0 bridgehead atoms. The summed E-state index contributed by atoms with van der Waals surface area (Å²) in [6.07, 6.45) is 0.805. The number of ether oxygens (including phenoxy) is 1. The summed E-state index contributed by atoms with van der Waals surface area (Å²) in [5.41, 5.74) is 1.40. The smallest absolute Gasteiger partial charge is 0.313 e. The number of halogens is 1. The molecule has 0 saturated carbocycles. The highest BCUT2D eigenvalue weighted by Crippen LogP contribution is 2.19. The Bertz CT molecular complexity index is 560. The fourth-order valence-corrected chi connectivity index (χ4v) is 2.58. The van der Waals surface area contributed by atoms with Crippen molar-refractivity contribution in [3.05, 3.63) is 28.8 Å². The Labute approximate surface area is 141 Å². The van der Waals surface area contributed by atoms with Gasteiger partial charge in [-0.3, -0.25) is 14.5 Å². The maximum absolute atomic E-state index is 11.9. The molecule has 1 aromatic rings. The van der Waals surface area contributed by atoms with E-state index in [0.29, 0.717) is 17.3 Å². The number of carbonyl (C=O) groups excluding carboxylic acids is 2. The molecule has 6 nitrogen and oxygen atoms in total. The number of rotatable bonds is 5. The molecule has 0 spiro atoms. The van der Waals surface area contributed by atoms with Crippen LogP contribution in [0.15, 0.2) is 18.2 Å². The minimum atomic E-state index is -0.665. The zero-order valence-electron chi connectivity index (χ0n) is 13.2. The molecule has 0 atom stereocenters. The number of aryl methyl sites for hydroxylation is 1. The van der Waals surface area contributed by atoms with Crippen LogP contribution < -0.4 is 10.6 Å². The largest absolute Gasteiger partial charge is 0.379 e. The molecule has 2 N–H and O–H groups in total. The number of hydrogen-bond donors (Lipinski definition) is 2. The highest BCUT2D eigenvalue weighted by molar-refractivity contribution is 6.39. The standard InChI is InChI=1S/C16H22ClN3O3/c1-12-11-13(17)3-4-14(12)19-16(22)15(21)18-5-2-6-20-7-9-23-10-8-20/h3-4,11H,2,5-10H2,1H3,(H,18,21)(H,19,22). The molecule has 0 aromatic heterocycles. The monoisotopic (exact) mass is 339 g/mol. The average Bonchev–Trinajstić information content (AvgIpc) is 2.55. The van der Waals surface area contributed by atoms with Gasteiger partial charge in [0.2, 0.25) is 0 Å². The molecule has 2 rings (SSSR count). The van der Waals surface area contributed by atoms with Crippen molar-refractivity contribution in [2.45, 2.75) is 13.3 Å². The molecule has 7 heteroatoms. The molecular weight excluding hydrogens is 318 g/mol. The molecule has 1 saturated heterocycles. The molecule has 0 radical (unpaired) electrons. The highest BCUT2D eigenvalue weighted by atomic mass is 35.5. The van der Waals surface area contributed by atoms with Gasteiger partial charge in [-0.2, -0.15) is 0 Å². The first-order chi connectivity index (χ1) is 11.1. The maximum atomic E-state index is 11.9. The normalized spacial score (nSPS) is 15.2. The van der Waals surface area contributed by atoms with Gasteiger partial charge in [-0.15, -0.1) is 0 Å². The van der Waals surface area contributed by atoms with E-state index in [4.69, 9.17) is 16.3 Å². The number of anilines is 1. The maximum Gasteiger partial charge on any atom is 0.313 e. The first-order valence-electron chi connectivity index (χ1n) is 7.71. The van der Waals surface area contributed by atoms with Gasteiger partial charge in [-0.25, -0.2) is 0 Å². The van der Waals surface area contributed by atoms with E-state index in [2.05, 4.69) is 15.5 Å². The molecule has 1 fully saturated rings. The van der Waals surface area contributed by atoms with E-state index in [-0.39, 0.29) is 0 Å². The first kappa shape index (κ1) is 17.7. The summed E-state index contributed by atoms with van der Waals surface area (Å²) in [6, 6.07) is 5.09. The quantitative estimate of drug-likeness (QED) is 0.629. The average molecular weight is 340 g/mol. The van der Waals surface area contributed by atoms with Crippen molar-refractivity contribution in [3.8, 4) is 0 Å². The highest BCUT2D eigenvalue weighted by Gasteiger charge is 2.15. The number of hydrogen-bond acceptors (Lipinski definition) is 4. The van der Waals surface area contributed by atoms with Crippen LogP contribution in [0.25, 0.3) is 0 Å². The van der Waals surface area contributed by atoms with Gasteiger partial charge in [0.25, 0.3) is 0 Å². The lowest BCUT2D eigenvalue weighted by Crippen LogP contribution is -2.39. The van der Waals surface area contributed by atoms with Crippen molar-refractivity contribution in [1.82, 2.24) is 10.2 Å². The number of morpholine rings is 1. The zero-order valence-corrected chi connectivity index (χ0v) is 14.0. The molecule has 1 heterocycles. The Morgan fingerprint density at radius 1 is 1.26 bits per heavy atom. The summed E-state index contributed by atoms with van der Waals surface area (Å²) in [5, 5.41) is 5.82. The Hall–Kier alpha value is -1.63. The number of benzene rings is 1. The molecule has 1 aliphatic heterocycles. The van der Waals surface area contributed by atoms with Gasteiger partial charge in [-0.1, -0.05) is 11.6 Å². The zero-order chi connectivity index (χ0) is 16.7. The van der Waals surface area contributed by atoms with Gasteiger partial charge in [0.1, 0.15) is 0 Å². The number of nitrogens with one attached hydrogen (secondary N) is 2. The van der Waals surface area contributed by atoms with Crippen LogP contribution in [0.5, 0.6) is 0 Å². The second-order valence-corrected chi connectivity index (χ2v) is 5.91. The lowest BCUT2D eigenvalue weighted by atomic mass is 10.2. The Morgan fingerprint density at radius 3 is 2.70 bits per heavy atom. The fraction of sp³-hybridized carbons (Fsp3) is 0.500. The van der Waals surface area contributed by atoms with Gasteiger partial charge < -0.3 is 15.4 Å². The van der Waals surface area contributed by atoms with Crippen molar-refractivity contribution in [1.29, 1.82) is 0 Å². The van der Waals surface area contributed by atoms with Gasteiger partial charge in [-0.05, 0) is 43.7 Å². The van der Waals surface area contributed by atoms with Crippen molar-refractivity contribution in [3.63, 3.8) is 0 Å². The van der Waals surface area contributed by atoms with Crippen LogP contribution in [0.3, 0.4) is 0 Å². The molecule has 23 heavy (non-hydrogen) atoms. The van der Waals surface area contributed by atoms with Crippen LogP contribution in [0.1, 0.15) is 12.0 Å². The summed E-state index contributed by atoms with van der Waals surface area (Å²) in [6.45, 7) is 6.55. The van der Waals surface area contributed by atoms with E-state index >= 15 is 0 Å². The van der Waals surface area contributed by atoms with Crippen molar-refractivity contribution in [2.24, 2.45) is 0 Å². The third-order valence-corrected chi connectivity index (χ3v) is 3.92. The summed E-state index contributed by atoms with van der Waals surface area (Å²) in [5.74, 6) is -1.29. The van der Waals surface area contributed by atoms with E-state index in [0.717, 1.165) is 44.8 Å². The molecule has 0 aliphatic carbocycles. The third kappa shape index (κ3) is 5.82. The van der Waals surface area contributed by atoms with Gasteiger partial charge in [0.15, 0.2) is 0 Å². The minimum Gasteiger partial charge on any atom is -0.379 e. The Balaban J connectivity index is 1.69. The lowest BCUT2D eigenvalue weighted by Gasteiger charge is -2.26. The summed E-state index contributed by atoms with van der Waals surface area (Å²) < 4.78 is 5.28. The predicted molar refractivity (Wildman–Crippen MR) is 89.7 cm³/mol. The Morgan fingerprint density at radius 2 is 2.00 bits per heavy atom. The molecule has 1 aliphatic rings. The molecular formula is C16H22ClN3O3. The van der Waals surface area contributed by atoms with Gasteiger partial charge >= 0.3 is 11.8 Å². The van der Waals surface area contributed by atoms with Gasteiger partial charge in [0.05, 0.1) is 13.2 Å². The lowest BCUT2D eigenvalue weighted by molar-refractivity contribution is -0.136. The van der Waals surface area contributed by atoms with Crippen LogP contribution in [0, 0.1) is 6.92 Å². The minimum absolute atomic E-state index is 0.475. The molecule has 1 aromatic carbocycles. The summed E-state index contributed by atoms with van der Waals surface area (Å²) >= 11 is 5.86. The van der Waals surface area contributed by atoms with Crippen LogP contribution in [0.4, 0.5) is 5.69 Å². The first-order valence-corrected chi connectivity index (χ1v) is 8.09. The predicted octanol–water partition coefficient (Wildman–Crippen LogP) is 1.43. The SMILES string of the molecule is Cc1cc(Cl)ccc1NC(=O)C(=O)NCCCN1CCOCC1. The molecule has 126 valence electrons. The molecule has 2 amide bonds. The summed E-state index contributed by atoms with van der Waals surface area (Å²) in [4.78, 5) is 25.9. The van der Waals surface area contributed by atoms with Crippen LogP contribution in [-0.2, 0) is 14.3 Å². The van der Waals surface area contributed by atoms with Gasteiger partial charge in [0, 0.05) is 30.3 Å². The van der Waals surface area contributed by atoms with E-state index in [1.165, 1.54) is 0 Å². The van der Waals surface area contributed by atoms with Crippen LogP contribution in [0.2, 0.25) is 5.02 Å². The second-order valence-electron chi connectivity index (χ2n) is 5.48.